The molecule has 0 aromatic carbocycles. The molecule has 0 bridgehead atoms. The molecular weight excluding hydrogens is 202 g/mol. The van der Waals surface area contributed by atoms with Crippen molar-refractivity contribution >= 4 is 29.2 Å². The fraction of sp³-hybridized carbons (Fsp3) is 0.667. The average molecular weight is 217 g/mol. The molecule has 1 N–H and O–H groups in total. The summed E-state index contributed by atoms with van der Waals surface area (Å²) in [4.78, 5) is 0. The number of rotatable bonds is 2. The van der Waals surface area contributed by atoms with Gasteiger partial charge in [0.1, 0.15) is 0 Å². The van der Waals surface area contributed by atoms with Crippen molar-refractivity contribution in [2.75, 3.05) is 12.5 Å². The van der Waals surface area contributed by atoms with Gasteiger partial charge >= 0.3 is 0 Å². The van der Waals surface area contributed by atoms with Gasteiger partial charge in [-0.15, -0.1) is 23.5 Å². The van der Waals surface area contributed by atoms with Crippen molar-refractivity contribution in [3.63, 3.8) is 0 Å². The Balaban J connectivity index is 2.90. The van der Waals surface area contributed by atoms with Gasteiger partial charge in [-0.2, -0.15) is 0 Å². The molecule has 4 heteroatoms. The van der Waals surface area contributed by atoms with Crippen LogP contribution in [0.2, 0.25) is 0 Å². The molecule has 1 aliphatic carbocycles. The maximum Gasteiger partial charge on any atom is 0.0843 e. The number of hydrogen-bond acceptors (Lipinski definition) is 4. The van der Waals surface area contributed by atoms with E-state index in [-0.39, 0.29) is 0 Å². The Kier molecular flexibility index (Phi) is 4.73. The van der Waals surface area contributed by atoms with Crippen LogP contribution >= 0.6 is 23.5 Å². The molecule has 0 aliphatic heterocycles. The minimum atomic E-state index is 0.893. The lowest BCUT2D eigenvalue weighted by molar-refractivity contribution is 0.316. The molecule has 1 rings (SSSR count). The minimum Gasteiger partial charge on any atom is -0.411 e. The first-order valence-electron chi connectivity index (χ1n) is 4.36. The Morgan fingerprint density at radius 2 is 1.85 bits per heavy atom. The predicted molar refractivity (Wildman–Crippen MR) is 61.7 cm³/mol. The van der Waals surface area contributed by atoms with Gasteiger partial charge in [0.2, 0.25) is 0 Å². The molecule has 0 heterocycles. The van der Waals surface area contributed by atoms with Crippen molar-refractivity contribution in [1.82, 2.24) is 0 Å². The van der Waals surface area contributed by atoms with E-state index in [0.717, 1.165) is 25.0 Å². The van der Waals surface area contributed by atoms with Gasteiger partial charge in [-0.05, 0) is 43.8 Å². The summed E-state index contributed by atoms with van der Waals surface area (Å²) >= 11 is 3.49. The summed E-state index contributed by atoms with van der Waals surface area (Å²) in [5, 5.41) is 12.2. The highest BCUT2D eigenvalue weighted by Crippen LogP contribution is 2.34. The highest BCUT2D eigenvalue weighted by molar-refractivity contribution is 8.21. The van der Waals surface area contributed by atoms with Crippen LogP contribution in [0, 0.1) is 0 Å². The highest BCUT2D eigenvalue weighted by atomic mass is 32.2. The van der Waals surface area contributed by atoms with Crippen LogP contribution in [0.15, 0.2) is 15.0 Å². The molecule has 0 radical (unpaired) electrons. The van der Waals surface area contributed by atoms with Crippen LogP contribution in [0.25, 0.3) is 0 Å². The van der Waals surface area contributed by atoms with Crippen molar-refractivity contribution in [2.24, 2.45) is 5.16 Å². The number of hydrogen-bond donors (Lipinski definition) is 1. The van der Waals surface area contributed by atoms with Crippen molar-refractivity contribution in [3.8, 4) is 0 Å². The summed E-state index contributed by atoms with van der Waals surface area (Å²) in [6.07, 6.45) is 8.51. The molecule has 1 aliphatic rings. The van der Waals surface area contributed by atoms with E-state index in [1.807, 2.05) is 0 Å². The van der Waals surface area contributed by atoms with Crippen LogP contribution in [0.4, 0.5) is 0 Å². The lowest BCUT2D eigenvalue weighted by Crippen LogP contribution is -2.10. The van der Waals surface area contributed by atoms with Crippen LogP contribution in [-0.2, 0) is 0 Å². The van der Waals surface area contributed by atoms with Crippen LogP contribution in [0.5, 0.6) is 0 Å². The van der Waals surface area contributed by atoms with Crippen LogP contribution in [0.1, 0.15) is 25.7 Å². The second-order valence-electron chi connectivity index (χ2n) is 2.93. The Labute approximate surface area is 87.9 Å². The smallest absolute Gasteiger partial charge is 0.0843 e. The summed E-state index contributed by atoms with van der Waals surface area (Å²) < 4.78 is 1.30. The SMILES string of the molecule is CSC(SC)=C1CCCC/C1=N\O. The van der Waals surface area contributed by atoms with E-state index < -0.39 is 0 Å². The molecule has 2 nitrogen and oxygen atoms in total. The fourth-order valence-electron chi connectivity index (χ4n) is 1.55. The lowest BCUT2D eigenvalue weighted by Gasteiger charge is -2.18. The zero-order chi connectivity index (χ0) is 9.68. The van der Waals surface area contributed by atoms with E-state index in [9.17, 15) is 0 Å². The maximum absolute atomic E-state index is 8.84. The first-order chi connectivity index (χ1) is 6.33. The molecule has 13 heavy (non-hydrogen) atoms. The van der Waals surface area contributed by atoms with Gasteiger partial charge in [-0.3, -0.25) is 0 Å². The molecule has 1 fully saturated rings. The molecule has 0 amide bonds. The van der Waals surface area contributed by atoms with Crippen molar-refractivity contribution in [2.45, 2.75) is 25.7 Å². The first-order valence-corrected chi connectivity index (χ1v) is 6.80. The van der Waals surface area contributed by atoms with E-state index in [1.165, 1.54) is 16.2 Å². The van der Waals surface area contributed by atoms with E-state index in [2.05, 4.69) is 17.7 Å². The molecule has 0 atom stereocenters. The largest absolute Gasteiger partial charge is 0.411 e. The van der Waals surface area contributed by atoms with Crippen LogP contribution in [-0.4, -0.2) is 23.4 Å². The standard InChI is InChI=1S/C9H15NOS2/c1-12-9(13-2)7-5-3-4-6-8(7)10-11/h11H,3-6H2,1-2H3/b10-8+. The fourth-order valence-corrected chi connectivity index (χ4v) is 3.15. The number of allylic oxidation sites excluding steroid dienone is 1. The van der Waals surface area contributed by atoms with Gasteiger partial charge in [0.15, 0.2) is 0 Å². The van der Waals surface area contributed by atoms with Gasteiger partial charge in [0, 0.05) is 4.24 Å². The highest BCUT2D eigenvalue weighted by Gasteiger charge is 2.17. The summed E-state index contributed by atoms with van der Waals surface area (Å²) in [7, 11) is 0. The normalized spacial score (nSPS) is 20.8. The minimum absolute atomic E-state index is 0.893. The zero-order valence-corrected chi connectivity index (χ0v) is 9.67. The second-order valence-corrected chi connectivity index (χ2v) is 4.82. The summed E-state index contributed by atoms with van der Waals surface area (Å²) in [5.41, 5.74) is 2.15. The molecule has 0 saturated heterocycles. The number of thioether (sulfide) groups is 2. The third kappa shape index (κ3) is 2.68. The summed E-state index contributed by atoms with van der Waals surface area (Å²) in [6.45, 7) is 0. The van der Waals surface area contributed by atoms with E-state index >= 15 is 0 Å². The van der Waals surface area contributed by atoms with Crippen molar-refractivity contribution in [1.29, 1.82) is 0 Å². The molecule has 74 valence electrons. The monoisotopic (exact) mass is 217 g/mol. The van der Waals surface area contributed by atoms with E-state index in [0.29, 0.717) is 0 Å². The summed E-state index contributed by atoms with van der Waals surface area (Å²) in [5.74, 6) is 0. The zero-order valence-electron chi connectivity index (χ0n) is 8.04. The van der Waals surface area contributed by atoms with Gasteiger partial charge in [0.25, 0.3) is 0 Å². The quantitative estimate of drug-likeness (QED) is 0.569. The third-order valence-corrected chi connectivity index (χ3v) is 4.41. The van der Waals surface area contributed by atoms with Crippen LogP contribution < -0.4 is 0 Å². The molecule has 0 aromatic rings. The Morgan fingerprint density at radius 1 is 1.23 bits per heavy atom. The lowest BCUT2D eigenvalue weighted by atomic mass is 9.94. The molecule has 0 aromatic heterocycles. The molecule has 0 unspecified atom stereocenters. The first kappa shape index (κ1) is 11.0. The van der Waals surface area contributed by atoms with Gasteiger partial charge < -0.3 is 5.21 Å². The number of nitrogens with zero attached hydrogens (tertiary/aromatic N) is 1. The van der Waals surface area contributed by atoms with Gasteiger partial charge in [-0.25, -0.2) is 0 Å². The molecule has 1 saturated carbocycles. The molecular formula is C9H15NOS2. The van der Waals surface area contributed by atoms with Crippen LogP contribution in [0.3, 0.4) is 0 Å². The third-order valence-electron chi connectivity index (χ3n) is 2.18. The van der Waals surface area contributed by atoms with Gasteiger partial charge in [0.05, 0.1) is 5.71 Å². The summed E-state index contributed by atoms with van der Waals surface area (Å²) in [6, 6.07) is 0. The Hall–Kier alpha value is -0.0900. The molecule has 0 spiro atoms. The topological polar surface area (TPSA) is 32.6 Å². The van der Waals surface area contributed by atoms with Crippen molar-refractivity contribution < 1.29 is 5.21 Å². The second kappa shape index (κ2) is 5.60. The predicted octanol–water partition coefficient (Wildman–Crippen LogP) is 3.33. The maximum atomic E-state index is 8.84. The van der Waals surface area contributed by atoms with Gasteiger partial charge in [-0.1, -0.05) is 5.16 Å². The van der Waals surface area contributed by atoms with E-state index in [1.54, 1.807) is 23.5 Å². The average Bonchev–Trinajstić information content (AvgIpc) is 2.20. The van der Waals surface area contributed by atoms with E-state index in [4.69, 9.17) is 5.21 Å². The Morgan fingerprint density at radius 3 is 2.38 bits per heavy atom. The Bertz CT molecular complexity index is 230. The van der Waals surface area contributed by atoms with Crippen molar-refractivity contribution in [3.05, 3.63) is 9.81 Å². The number of oxime groups is 1.